The molecule has 0 saturated carbocycles. The molecule has 3 N–H and O–H groups in total. The van der Waals surface area contributed by atoms with Gasteiger partial charge >= 0.3 is 0 Å². The average molecular weight is 461 g/mol. The Morgan fingerprint density at radius 2 is 1.94 bits per heavy atom. The van der Waals surface area contributed by atoms with Crippen molar-refractivity contribution in [1.29, 1.82) is 0 Å². The predicted octanol–water partition coefficient (Wildman–Crippen LogP) is 6.17. The molecule has 1 aliphatic heterocycles. The summed E-state index contributed by atoms with van der Waals surface area (Å²) in [6.07, 6.45) is 7.64. The maximum absolute atomic E-state index is 6.54. The Hall–Kier alpha value is -1.59. The van der Waals surface area contributed by atoms with Crippen LogP contribution in [-0.2, 0) is 15.9 Å². The molecule has 1 aromatic rings. The van der Waals surface area contributed by atoms with Crippen LogP contribution in [0, 0.1) is 5.92 Å². The number of nitrogens with two attached hydrogens (primary N) is 1. The molecule has 0 unspecified atom stereocenters. The van der Waals surface area contributed by atoms with Crippen LogP contribution in [0.1, 0.15) is 58.4 Å². The van der Waals surface area contributed by atoms with Gasteiger partial charge in [0.15, 0.2) is 0 Å². The van der Waals surface area contributed by atoms with Crippen LogP contribution in [0.5, 0.6) is 0 Å². The van der Waals surface area contributed by atoms with Crippen molar-refractivity contribution in [1.82, 2.24) is 5.32 Å². The Morgan fingerprint density at radius 1 is 1.28 bits per heavy atom. The Morgan fingerprint density at radius 3 is 2.50 bits per heavy atom. The van der Waals surface area contributed by atoms with E-state index in [2.05, 4.69) is 50.5 Å². The first-order valence-electron chi connectivity index (χ1n) is 11.8. The third kappa shape index (κ3) is 8.08. The topological polar surface area (TPSA) is 56.5 Å². The lowest BCUT2D eigenvalue weighted by molar-refractivity contribution is -0.143. The maximum atomic E-state index is 6.54. The third-order valence-corrected chi connectivity index (χ3v) is 6.81. The Balaban J connectivity index is 1.86. The highest BCUT2D eigenvalue weighted by molar-refractivity contribution is 6.30. The van der Waals surface area contributed by atoms with Crippen LogP contribution in [0.4, 0.5) is 0 Å². The zero-order valence-electron chi connectivity index (χ0n) is 20.1. The molecule has 1 saturated heterocycles. The fourth-order valence-electron chi connectivity index (χ4n) is 4.16. The minimum Gasteiger partial charge on any atom is -0.381 e. The van der Waals surface area contributed by atoms with Gasteiger partial charge in [0.25, 0.3) is 0 Å². The van der Waals surface area contributed by atoms with Crippen LogP contribution in [0.2, 0.25) is 5.02 Å². The van der Waals surface area contributed by atoms with Crippen molar-refractivity contribution < 1.29 is 9.47 Å². The number of halogens is 1. The van der Waals surface area contributed by atoms with Crippen molar-refractivity contribution >= 4 is 11.6 Å². The van der Waals surface area contributed by atoms with Crippen LogP contribution in [0.25, 0.3) is 0 Å². The average Bonchev–Trinajstić information content (AvgIpc) is 2.80. The van der Waals surface area contributed by atoms with Crippen molar-refractivity contribution in [3.63, 3.8) is 0 Å². The normalized spacial score (nSPS) is 18.1. The molecule has 1 heterocycles. The van der Waals surface area contributed by atoms with Gasteiger partial charge in [-0.25, -0.2) is 0 Å². The zero-order chi connectivity index (χ0) is 23.6. The van der Waals surface area contributed by atoms with Gasteiger partial charge in [0.05, 0.1) is 11.7 Å². The lowest BCUT2D eigenvalue weighted by atomic mass is 9.90. The molecule has 0 bridgehead atoms. The van der Waals surface area contributed by atoms with Gasteiger partial charge in [-0.2, -0.15) is 0 Å². The van der Waals surface area contributed by atoms with Crippen LogP contribution in [0.15, 0.2) is 60.5 Å². The SMILES string of the molecule is C=C(NC(=C)[C@@H](C)Cc1ccc(Cl)cc1)/C(=C\C)CC[C@H](CN)OC1(CC)CCOCC1. The Labute approximate surface area is 199 Å². The summed E-state index contributed by atoms with van der Waals surface area (Å²) >= 11 is 5.99. The number of rotatable bonds is 13. The molecule has 1 fully saturated rings. The molecule has 0 amide bonds. The third-order valence-electron chi connectivity index (χ3n) is 6.56. The summed E-state index contributed by atoms with van der Waals surface area (Å²) in [5.41, 5.74) is 10.2. The summed E-state index contributed by atoms with van der Waals surface area (Å²) in [5.74, 6) is 0.268. The first kappa shape index (κ1) is 26.7. The largest absolute Gasteiger partial charge is 0.381 e. The molecule has 1 aliphatic rings. The number of ether oxygens (including phenoxy) is 2. The molecule has 5 heteroatoms. The molecular weight excluding hydrogens is 420 g/mol. The van der Waals surface area contributed by atoms with E-state index in [0.29, 0.717) is 6.54 Å². The van der Waals surface area contributed by atoms with Gasteiger partial charge in [0.1, 0.15) is 0 Å². The van der Waals surface area contributed by atoms with E-state index in [9.17, 15) is 0 Å². The van der Waals surface area contributed by atoms with E-state index in [0.717, 1.165) is 68.2 Å². The van der Waals surface area contributed by atoms with Gasteiger partial charge < -0.3 is 20.5 Å². The molecule has 1 aromatic carbocycles. The fourth-order valence-corrected chi connectivity index (χ4v) is 4.28. The highest BCUT2D eigenvalue weighted by Gasteiger charge is 2.34. The van der Waals surface area contributed by atoms with Gasteiger partial charge in [-0.1, -0.05) is 56.8 Å². The molecule has 4 nitrogen and oxygen atoms in total. The zero-order valence-corrected chi connectivity index (χ0v) is 20.8. The number of nitrogens with one attached hydrogen (secondary N) is 1. The van der Waals surface area contributed by atoms with Gasteiger partial charge in [-0.15, -0.1) is 0 Å². The number of hydrogen-bond donors (Lipinski definition) is 2. The molecular formula is C27H41ClN2O2. The lowest BCUT2D eigenvalue weighted by Gasteiger charge is -2.39. The molecule has 2 rings (SSSR count). The second kappa shape index (κ2) is 13.2. The first-order chi connectivity index (χ1) is 15.3. The molecule has 0 spiro atoms. The van der Waals surface area contributed by atoms with Crippen molar-refractivity contribution in [2.24, 2.45) is 11.7 Å². The molecule has 178 valence electrons. The number of hydrogen-bond acceptors (Lipinski definition) is 4. The standard InChI is InChI=1S/C27H41ClN2O2/c1-6-24(10-13-26(19-29)32-27(7-2)14-16-31-17-15-27)22(5)30-21(4)20(3)18-23-8-11-25(28)12-9-23/h6,8-9,11-12,20,26,30H,4-5,7,10,13-19,29H2,1-3H3/b24-6-/t20-,26+/m0/s1. The van der Waals surface area contributed by atoms with Crippen LogP contribution in [-0.4, -0.2) is 31.5 Å². The summed E-state index contributed by atoms with van der Waals surface area (Å²) in [7, 11) is 0. The Bertz CT molecular complexity index is 766. The summed E-state index contributed by atoms with van der Waals surface area (Å²) < 4.78 is 12.1. The van der Waals surface area contributed by atoms with Crippen molar-refractivity contribution in [2.45, 2.75) is 71.0 Å². The van der Waals surface area contributed by atoms with E-state index in [1.165, 1.54) is 11.1 Å². The molecule has 0 aliphatic carbocycles. The summed E-state index contributed by atoms with van der Waals surface area (Å²) in [6, 6.07) is 7.98. The van der Waals surface area contributed by atoms with E-state index in [-0.39, 0.29) is 17.6 Å². The Kier molecular flexibility index (Phi) is 11.0. The highest BCUT2D eigenvalue weighted by atomic mass is 35.5. The van der Waals surface area contributed by atoms with Crippen molar-refractivity contribution in [3.8, 4) is 0 Å². The van der Waals surface area contributed by atoms with Crippen LogP contribution in [0.3, 0.4) is 0 Å². The summed E-state index contributed by atoms with van der Waals surface area (Å²) in [5, 5.41) is 4.19. The maximum Gasteiger partial charge on any atom is 0.0728 e. The monoisotopic (exact) mass is 460 g/mol. The van der Waals surface area contributed by atoms with Gasteiger partial charge in [-0.05, 0) is 74.6 Å². The summed E-state index contributed by atoms with van der Waals surface area (Å²) in [6.45, 7) is 17.0. The van der Waals surface area contributed by atoms with E-state index in [4.69, 9.17) is 26.8 Å². The summed E-state index contributed by atoms with van der Waals surface area (Å²) in [4.78, 5) is 0. The van der Waals surface area contributed by atoms with Crippen molar-refractivity contribution in [3.05, 3.63) is 71.1 Å². The quantitative estimate of drug-likeness (QED) is 0.346. The number of benzene rings is 1. The highest BCUT2D eigenvalue weighted by Crippen LogP contribution is 2.31. The van der Waals surface area contributed by atoms with Gasteiger partial charge in [0.2, 0.25) is 0 Å². The van der Waals surface area contributed by atoms with Crippen LogP contribution < -0.4 is 11.1 Å². The van der Waals surface area contributed by atoms with E-state index >= 15 is 0 Å². The van der Waals surface area contributed by atoms with Crippen molar-refractivity contribution in [2.75, 3.05) is 19.8 Å². The van der Waals surface area contributed by atoms with Gasteiger partial charge in [-0.3, -0.25) is 0 Å². The van der Waals surface area contributed by atoms with Gasteiger partial charge in [0, 0.05) is 36.2 Å². The molecule has 32 heavy (non-hydrogen) atoms. The van der Waals surface area contributed by atoms with E-state index in [1.807, 2.05) is 19.1 Å². The van der Waals surface area contributed by atoms with E-state index in [1.54, 1.807) is 0 Å². The minimum atomic E-state index is -0.0982. The smallest absolute Gasteiger partial charge is 0.0728 e. The fraction of sp³-hybridized carbons (Fsp3) is 0.556. The number of allylic oxidation sites excluding steroid dienone is 3. The predicted molar refractivity (Wildman–Crippen MR) is 136 cm³/mol. The minimum absolute atomic E-state index is 0.0304. The second-order valence-corrected chi connectivity index (χ2v) is 9.27. The lowest BCUT2D eigenvalue weighted by Crippen LogP contribution is -2.43. The second-order valence-electron chi connectivity index (χ2n) is 8.84. The van der Waals surface area contributed by atoms with Crippen LogP contribution >= 0.6 is 11.6 Å². The molecule has 0 aromatic heterocycles. The van der Waals surface area contributed by atoms with E-state index < -0.39 is 0 Å². The molecule has 0 radical (unpaired) electrons. The first-order valence-corrected chi connectivity index (χ1v) is 12.2. The molecule has 2 atom stereocenters.